The van der Waals surface area contributed by atoms with Crippen LogP contribution in [0.3, 0.4) is 0 Å². The molecule has 0 fully saturated rings. The number of aromatic nitrogens is 3. The van der Waals surface area contributed by atoms with E-state index >= 15 is 0 Å². The molecule has 0 radical (unpaired) electrons. The quantitative estimate of drug-likeness (QED) is 0.659. The molecule has 0 spiro atoms. The molecule has 0 bridgehead atoms. The number of nitrogen functional groups attached to an aromatic ring is 2. The number of aryl methyl sites for hydroxylation is 1. The van der Waals surface area contributed by atoms with E-state index in [9.17, 15) is 0 Å². The zero-order chi connectivity index (χ0) is 10.7. The first kappa shape index (κ1) is 10.3. The molecule has 76 valence electrons. The van der Waals surface area contributed by atoms with E-state index in [0.717, 1.165) is 11.2 Å². The van der Waals surface area contributed by atoms with E-state index in [1.54, 1.807) is 4.52 Å². The predicted molar refractivity (Wildman–Crippen MR) is 57.9 cm³/mol. The van der Waals surface area contributed by atoms with E-state index in [2.05, 4.69) is 10.1 Å². The van der Waals surface area contributed by atoms with Crippen LogP contribution in [-0.4, -0.2) is 14.6 Å². The summed E-state index contributed by atoms with van der Waals surface area (Å²) in [7, 11) is 0. The molecule has 0 aliphatic heterocycles. The largest absolute Gasteiger partial charge is 0.382 e. The Balaban J connectivity index is 0.000000461. The fourth-order valence-electron chi connectivity index (χ4n) is 1.16. The maximum Gasteiger partial charge on any atom is 0.240 e. The highest BCUT2D eigenvalue weighted by atomic mass is 15.3. The van der Waals surface area contributed by atoms with Gasteiger partial charge in [-0.25, -0.2) is 4.52 Å². The molecule has 2 aromatic heterocycles. The molecule has 2 heterocycles. The normalized spacial score (nSPS) is 9.64. The van der Waals surface area contributed by atoms with Crippen LogP contribution >= 0.6 is 0 Å². The zero-order valence-corrected chi connectivity index (χ0v) is 8.65. The smallest absolute Gasteiger partial charge is 0.240 e. The second kappa shape index (κ2) is 3.95. The average molecular weight is 193 g/mol. The van der Waals surface area contributed by atoms with E-state index in [1.807, 2.05) is 32.9 Å². The zero-order valence-electron chi connectivity index (χ0n) is 8.65. The van der Waals surface area contributed by atoms with Gasteiger partial charge in [0.25, 0.3) is 0 Å². The Hall–Kier alpha value is -1.78. The molecule has 14 heavy (non-hydrogen) atoms. The molecule has 4 N–H and O–H groups in total. The van der Waals surface area contributed by atoms with Crippen LogP contribution in [0, 0.1) is 6.92 Å². The van der Waals surface area contributed by atoms with Crippen molar-refractivity contribution < 1.29 is 0 Å². The van der Waals surface area contributed by atoms with Crippen molar-refractivity contribution in [1.82, 2.24) is 14.6 Å². The first-order valence-corrected chi connectivity index (χ1v) is 4.56. The molecule has 5 nitrogen and oxygen atoms in total. The fourth-order valence-corrected chi connectivity index (χ4v) is 1.16. The first-order valence-electron chi connectivity index (χ1n) is 4.56. The van der Waals surface area contributed by atoms with Crippen LogP contribution in [0.2, 0.25) is 0 Å². The topological polar surface area (TPSA) is 82.2 Å². The lowest BCUT2D eigenvalue weighted by Gasteiger charge is -2.00. The Morgan fingerprint density at radius 1 is 1.21 bits per heavy atom. The molecule has 0 atom stereocenters. The fraction of sp³-hybridized carbons (Fsp3) is 0.333. The van der Waals surface area contributed by atoms with Gasteiger partial charge in [-0.1, -0.05) is 13.8 Å². The average Bonchev–Trinajstić information content (AvgIpc) is 2.52. The summed E-state index contributed by atoms with van der Waals surface area (Å²) in [5.74, 6) is 0.606. The molecular weight excluding hydrogens is 178 g/mol. The standard InChI is InChI=1S/C7H9N5.C2H6/c1-4-2-3-5-6(8)10-7(9)11-12(4)5;1-2/h2-3H,1H3,(H4,8,9,10,11);1-2H3. The van der Waals surface area contributed by atoms with E-state index in [1.165, 1.54) is 0 Å². The molecule has 0 saturated carbocycles. The molecule has 0 saturated heterocycles. The molecule has 5 heteroatoms. The Morgan fingerprint density at radius 3 is 2.50 bits per heavy atom. The maximum absolute atomic E-state index is 5.62. The van der Waals surface area contributed by atoms with Crippen molar-refractivity contribution in [3.05, 3.63) is 17.8 Å². The van der Waals surface area contributed by atoms with Crippen LogP contribution < -0.4 is 11.5 Å². The highest BCUT2D eigenvalue weighted by Gasteiger charge is 2.03. The SMILES string of the molecule is CC.Cc1ccc2c(N)nc(N)nn12. The van der Waals surface area contributed by atoms with Crippen molar-refractivity contribution in [2.24, 2.45) is 0 Å². The molecular formula is C9H15N5. The summed E-state index contributed by atoms with van der Waals surface area (Å²) in [6.45, 7) is 5.93. The van der Waals surface area contributed by atoms with Gasteiger partial charge in [-0.3, -0.25) is 0 Å². The second-order valence-electron chi connectivity index (χ2n) is 2.63. The molecule has 0 unspecified atom stereocenters. The van der Waals surface area contributed by atoms with Gasteiger partial charge in [0.05, 0.1) is 0 Å². The maximum atomic E-state index is 5.62. The highest BCUT2D eigenvalue weighted by Crippen LogP contribution is 2.13. The van der Waals surface area contributed by atoms with Crippen molar-refractivity contribution in [3.8, 4) is 0 Å². The van der Waals surface area contributed by atoms with Gasteiger partial charge in [0, 0.05) is 5.69 Å². The molecule has 0 aliphatic rings. The van der Waals surface area contributed by atoms with E-state index in [4.69, 9.17) is 11.5 Å². The Kier molecular flexibility index (Phi) is 2.91. The third-order valence-corrected chi connectivity index (χ3v) is 1.74. The molecule has 2 aromatic rings. The number of fused-ring (bicyclic) bond motifs is 1. The summed E-state index contributed by atoms with van der Waals surface area (Å²) in [5, 5.41) is 4.00. The van der Waals surface area contributed by atoms with Gasteiger partial charge >= 0.3 is 0 Å². The molecule has 0 amide bonds. The number of hydrogen-bond acceptors (Lipinski definition) is 4. The Bertz CT molecular complexity index is 432. The number of rotatable bonds is 0. The monoisotopic (exact) mass is 193 g/mol. The summed E-state index contributed by atoms with van der Waals surface area (Å²) < 4.78 is 1.68. The van der Waals surface area contributed by atoms with Gasteiger partial charge in [0.15, 0.2) is 5.82 Å². The third kappa shape index (κ3) is 1.61. The lowest BCUT2D eigenvalue weighted by atomic mass is 10.5. The first-order chi connectivity index (χ1) is 6.68. The summed E-state index contributed by atoms with van der Waals surface area (Å²) in [6, 6.07) is 3.78. The third-order valence-electron chi connectivity index (χ3n) is 1.74. The van der Waals surface area contributed by atoms with Crippen molar-refractivity contribution in [2.45, 2.75) is 20.8 Å². The molecule has 0 aliphatic carbocycles. The van der Waals surface area contributed by atoms with E-state index < -0.39 is 0 Å². The molecule has 0 aromatic carbocycles. The van der Waals surface area contributed by atoms with Crippen LogP contribution in [0.15, 0.2) is 12.1 Å². The number of nitrogens with zero attached hydrogens (tertiary/aromatic N) is 3. The summed E-state index contributed by atoms with van der Waals surface area (Å²) in [4.78, 5) is 3.84. The van der Waals surface area contributed by atoms with Crippen LogP contribution in [-0.2, 0) is 0 Å². The van der Waals surface area contributed by atoms with Crippen molar-refractivity contribution >= 4 is 17.3 Å². The lowest BCUT2D eigenvalue weighted by molar-refractivity contribution is 0.888. The summed E-state index contributed by atoms with van der Waals surface area (Å²) in [5.41, 5.74) is 12.8. The van der Waals surface area contributed by atoms with Gasteiger partial charge in [-0.15, -0.1) is 5.10 Å². The summed E-state index contributed by atoms with van der Waals surface area (Å²) in [6.07, 6.45) is 0. The minimum absolute atomic E-state index is 0.194. The Morgan fingerprint density at radius 2 is 1.86 bits per heavy atom. The van der Waals surface area contributed by atoms with Crippen LogP contribution in [0.5, 0.6) is 0 Å². The Labute approximate surface area is 82.7 Å². The van der Waals surface area contributed by atoms with Crippen LogP contribution in [0.1, 0.15) is 19.5 Å². The van der Waals surface area contributed by atoms with E-state index in [0.29, 0.717) is 5.82 Å². The van der Waals surface area contributed by atoms with Crippen molar-refractivity contribution in [3.63, 3.8) is 0 Å². The van der Waals surface area contributed by atoms with Crippen molar-refractivity contribution in [1.29, 1.82) is 0 Å². The minimum Gasteiger partial charge on any atom is -0.382 e. The van der Waals surface area contributed by atoms with Gasteiger partial charge in [0.2, 0.25) is 5.95 Å². The van der Waals surface area contributed by atoms with Crippen LogP contribution in [0.4, 0.5) is 11.8 Å². The number of nitrogens with two attached hydrogens (primary N) is 2. The second-order valence-corrected chi connectivity index (χ2v) is 2.63. The van der Waals surface area contributed by atoms with Gasteiger partial charge in [0.1, 0.15) is 5.52 Å². The van der Waals surface area contributed by atoms with Crippen LogP contribution in [0.25, 0.3) is 5.52 Å². The van der Waals surface area contributed by atoms with Crippen molar-refractivity contribution in [2.75, 3.05) is 11.5 Å². The highest BCUT2D eigenvalue weighted by molar-refractivity contribution is 5.66. The predicted octanol–water partition coefficient (Wildman–Crippen LogP) is 1.23. The minimum atomic E-state index is 0.194. The van der Waals surface area contributed by atoms with Gasteiger partial charge in [-0.2, -0.15) is 4.98 Å². The number of anilines is 2. The lowest BCUT2D eigenvalue weighted by Crippen LogP contribution is -2.05. The number of hydrogen-bond donors (Lipinski definition) is 2. The molecule has 2 rings (SSSR count). The van der Waals surface area contributed by atoms with Gasteiger partial charge < -0.3 is 11.5 Å². The van der Waals surface area contributed by atoms with Gasteiger partial charge in [-0.05, 0) is 19.1 Å². The van der Waals surface area contributed by atoms with E-state index in [-0.39, 0.29) is 5.95 Å². The summed E-state index contributed by atoms with van der Waals surface area (Å²) >= 11 is 0.